The number of amides is 1. The van der Waals surface area contributed by atoms with Gasteiger partial charge in [-0.2, -0.15) is 0 Å². The molecule has 0 aromatic heterocycles. The van der Waals surface area contributed by atoms with Crippen molar-refractivity contribution in [2.45, 2.75) is 51.5 Å². The summed E-state index contributed by atoms with van der Waals surface area (Å²) in [5.41, 5.74) is 5.57. The summed E-state index contributed by atoms with van der Waals surface area (Å²) in [4.78, 5) is 11.4. The fraction of sp³-hybridized carbons (Fsp3) is 0.917. The van der Waals surface area contributed by atoms with Crippen LogP contribution in [0.3, 0.4) is 0 Å². The molecule has 1 atom stereocenters. The molecule has 0 rings (SSSR count). The molecule has 4 heteroatoms. The van der Waals surface area contributed by atoms with Crippen LogP contribution >= 0.6 is 0 Å². The summed E-state index contributed by atoms with van der Waals surface area (Å²) >= 11 is 0. The third-order valence-corrected chi connectivity index (χ3v) is 2.51. The monoisotopic (exact) mass is 230 g/mol. The molecule has 96 valence electrons. The first-order chi connectivity index (χ1) is 7.72. The highest BCUT2D eigenvalue weighted by Crippen LogP contribution is 2.03. The van der Waals surface area contributed by atoms with E-state index in [4.69, 9.17) is 10.5 Å². The van der Waals surface area contributed by atoms with Gasteiger partial charge in [0.15, 0.2) is 0 Å². The Labute approximate surface area is 98.9 Å². The number of nitrogens with one attached hydrogen (secondary N) is 1. The fourth-order valence-electron chi connectivity index (χ4n) is 1.50. The number of hydrogen-bond acceptors (Lipinski definition) is 3. The molecule has 0 aromatic carbocycles. The minimum Gasteiger partial charge on any atom is -0.383 e. The molecule has 4 nitrogen and oxygen atoms in total. The quantitative estimate of drug-likeness (QED) is 0.558. The Morgan fingerprint density at radius 2 is 1.88 bits per heavy atom. The molecule has 0 bridgehead atoms. The third kappa shape index (κ3) is 8.68. The van der Waals surface area contributed by atoms with E-state index in [1.807, 2.05) is 0 Å². The Hall–Kier alpha value is -0.610. The van der Waals surface area contributed by atoms with Crippen molar-refractivity contribution in [3.63, 3.8) is 0 Å². The first-order valence-electron chi connectivity index (χ1n) is 6.24. The van der Waals surface area contributed by atoms with Gasteiger partial charge >= 0.3 is 0 Å². The normalized spacial score (nSPS) is 12.4. The molecule has 0 aliphatic heterocycles. The highest BCUT2D eigenvalue weighted by Gasteiger charge is 2.11. The molecule has 0 spiro atoms. The zero-order valence-corrected chi connectivity index (χ0v) is 10.6. The lowest BCUT2D eigenvalue weighted by Crippen LogP contribution is -2.43. The van der Waals surface area contributed by atoms with Crippen LogP contribution in [0.5, 0.6) is 0 Å². The lowest BCUT2D eigenvalue weighted by Gasteiger charge is -2.10. The number of unbranched alkanes of at least 4 members (excludes halogenated alkanes) is 5. The predicted octanol–water partition coefficient (Wildman–Crippen LogP) is 1.44. The first-order valence-corrected chi connectivity index (χ1v) is 6.24. The van der Waals surface area contributed by atoms with Gasteiger partial charge in [0.1, 0.15) is 6.04 Å². The van der Waals surface area contributed by atoms with Crippen LogP contribution in [0.2, 0.25) is 0 Å². The zero-order valence-electron chi connectivity index (χ0n) is 10.6. The van der Waals surface area contributed by atoms with Crippen molar-refractivity contribution in [2.24, 2.45) is 5.73 Å². The maximum Gasteiger partial charge on any atom is 0.239 e. The maximum absolute atomic E-state index is 11.4. The summed E-state index contributed by atoms with van der Waals surface area (Å²) < 4.78 is 4.81. The molecule has 0 aromatic rings. The van der Waals surface area contributed by atoms with Crippen molar-refractivity contribution in [2.75, 3.05) is 20.3 Å². The van der Waals surface area contributed by atoms with Gasteiger partial charge in [-0.15, -0.1) is 0 Å². The number of carbonyl (C=O) groups excluding carboxylic acids is 1. The van der Waals surface area contributed by atoms with Gasteiger partial charge in [-0.1, -0.05) is 39.0 Å². The standard InChI is InChI=1S/C12H26N2O2/c1-3-4-5-6-7-8-9-14-12(15)11(13)10-16-2/h11H,3-10,13H2,1-2H3,(H,14,15). The topological polar surface area (TPSA) is 64.4 Å². The lowest BCUT2D eigenvalue weighted by molar-refractivity contribution is -0.123. The zero-order chi connectivity index (χ0) is 12.2. The minimum atomic E-state index is -0.537. The van der Waals surface area contributed by atoms with E-state index in [1.54, 1.807) is 7.11 Å². The second-order valence-corrected chi connectivity index (χ2v) is 4.12. The van der Waals surface area contributed by atoms with E-state index >= 15 is 0 Å². The Bertz CT molecular complexity index is 174. The Balaban J connectivity index is 3.27. The summed E-state index contributed by atoms with van der Waals surface area (Å²) in [6.45, 7) is 3.21. The van der Waals surface area contributed by atoms with Crippen LogP contribution in [0.15, 0.2) is 0 Å². The molecule has 0 heterocycles. The molecular weight excluding hydrogens is 204 g/mol. The van der Waals surface area contributed by atoms with Crippen molar-refractivity contribution in [3.05, 3.63) is 0 Å². The van der Waals surface area contributed by atoms with Crippen LogP contribution in [-0.4, -0.2) is 32.2 Å². The number of carbonyl (C=O) groups is 1. The van der Waals surface area contributed by atoms with Crippen molar-refractivity contribution in [1.82, 2.24) is 5.32 Å². The summed E-state index contributed by atoms with van der Waals surface area (Å²) in [5, 5.41) is 2.81. The van der Waals surface area contributed by atoms with Crippen LogP contribution < -0.4 is 11.1 Å². The van der Waals surface area contributed by atoms with Crippen molar-refractivity contribution in [1.29, 1.82) is 0 Å². The SMILES string of the molecule is CCCCCCCCNC(=O)C(N)COC. The highest BCUT2D eigenvalue weighted by atomic mass is 16.5. The maximum atomic E-state index is 11.4. The number of ether oxygens (including phenoxy) is 1. The van der Waals surface area contributed by atoms with Crippen LogP contribution in [0, 0.1) is 0 Å². The highest BCUT2D eigenvalue weighted by molar-refractivity contribution is 5.81. The van der Waals surface area contributed by atoms with E-state index < -0.39 is 6.04 Å². The summed E-state index contributed by atoms with van der Waals surface area (Å²) in [5.74, 6) is -0.115. The largest absolute Gasteiger partial charge is 0.383 e. The molecule has 0 aliphatic carbocycles. The average molecular weight is 230 g/mol. The summed E-state index contributed by atoms with van der Waals surface area (Å²) in [7, 11) is 1.54. The van der Waals surface area contributed by atoms with Crippen LogP contribution in [0.4, 0.5) is 0 Å². The molecule has 16 heavy (non-hydrogen) atoms. The van der Waals surface area contributed by atoms with Gasteiger partial charge in [0.2, 0.25) is 5.91 Å². The molecule has 0 fully saturated rings. The molecule has 0 saturated carbocycles. The molecule has 3 N–H and O–H groups in total. The number of nitrogens with two attached hydrogens (primary N) is 1. The molecule has 0 saturated heterocycles. The fourth-order valence-corrected chi connectivity index (χ4v) is 1.50. The van der Waals surface area contributed by atoms with Crippen molar-refractivity contribution >= 4 is 5.91 Å². The average Bonchev–Trinajstić information content (AvgIpc) is 2.28. The third-order valence-electron chi connectivity index (χ3n) is 2.51. The van der Waals surface area contributed by atoms with E-state index in [0.29, 0.717) is 0 Å². The molecule has 1 amide bonds. The van der Waals surface area contributed by atoms with Gasteiger partial charge in [0, 0.05) is 13.7 Å². The van der Waals surface area contributed by atoms with Crippen molar-refractivity contribution in [3.8, 4) is 0 Å². The summed E-state index contributed by atoms with van der Waals surface area (Å²) in [6, 6.07) is -0.537. The first kappa shape index (κ1) is 15.4. The second kappa shape index (κ2) is 10.9. The summed E-state index contributed by atoms with van der Waals surface area (Å²) in [6.07, 6.45) is 7.35. The van der Waals surface area contributed by atoms with Gasteiger partial charge in [-0.05, 0) is 6.42 Å². The van der Waals surface area contributed by atoms with E-state index in [1.165, 1.54) is 32.1 Å². The Morgan fingerprint density at radius 3 is 2.50 bits per heavy atom. The van der Waals surface area contributed by atoms with Crippen molar-refractivity contribution < 1.29 is 9.53 Å². The second-order valence-electron chi connectivity index (χ2n) is 4.12. The van der Waals surface area contributed by atoms with E-state index in [2.05, 4.69) is 12.2 Å². The molecular formula is C12H26N2O2. The molecule has 1 unspecified atom stereocenters. The van der Waals surface area contributed by atoms with E-state index in [9.17, 15) is 4.79 Å². The van der Waals surface area contributed by atoms with Gasteiger partial charge < -0.3 is 15.8 Å². The molecule has 0 radical (unpaired) electrons. The van der Waals surface area contributed by atoms with Gasteiger partial charge in [-0.25, -0.2) is 0 Å². The Morgan fingerprint density at radius 1 is 1.25 bits per heavy atom. The number of methoxy groups -OCH3 is 1. The smallest absolute Gasteiger partial charge is 0.239 e. The van der Waals surface area contributed by atoms with Crippen LogP contribution in [0.1, 0.15) is 45.4 Å². The predicted molar refractivity (Wildman–Crippen MR) is 66.2 cm³/mol. The lowest BCUT2D eigenvalue weighted by atomic mass is 10.1. The minimum absolute atomic E-state index is 0.115. The van der Waals surface area contributed by atoms with E-state index in [0.717, 1.165) is 13.0 Å². The number of rotatable bonds is 10. The number of hydrogen-bond donors (Lipinski definition) is 2. The van der Waals surface area contributed by atoms with Crippen LogP contribution in [0.25, 0.3) is 0 Å². The van der Waals surface area contributed by atoms with Gasteiger partial charge in [0.05, 0.1) is 6.61 Å². The van der Waals surface area contributed by atoms with Gasteiger partial charge in [0.25, 0.3) is 0 Å². The molecule has 0 aliphatic rings. The van der Waals surface area contributed by atoms with Crippen LogP contribution in [-0.2, 0) is 9.53 Å². The Kier molecular flexibility index (Phi) is 10.5. The van der Waals surface area contributed by atoms with Gasteiger partial charge in [-0.3, -0.25) is 4.79 Å². The van der Waals surface area contributed by atoms with E-state index in [-0.39, 0.29) is 12.5 Å².